The molecule has 0 aromatic rings. The molecule has 0 spiro atoms. The zero-order valence-corrected chi connectivity index (χ0v) is 12.4. The summed E-state index contributed by atoms with van der Waals surface area (Å²) in [7, 11) is 0. The van der Waals surface area contributed by atoms with Gasteiger partial charge in [-0.05, 0) is 63.7 Å². The van der Waals surface area contributed by atoms with Crippen LogP contribution in [0.25, 0.3) is 0 Å². The predicted molar refractivity (Wildman–Crippen MR) is 72.2 cm³/mol. The summed E-state index contributed by atoms with van der Waals surface area (Å²) < 4.78 is 5.35. The van der Waals surface area contributed by atoms with Gasteiger partial charge in [0, 0.05) is 6.54 Å². The highest BCUT2D eigenvalue weighted by Crippen LogP contribution is 2.69. The number of rotatable bonds is 2. The first kappa shape index (κ1) is 13.7. The van der Waals surface area contributed by atoms with Crippen molar-refractivity contribution < 1.29 is 19.4 Å². The lowest BCUT2D eigenvalue weighted by atomic mass is 9.40. The fraction of sp³-hybridized carbons (Fsp3) is 0.867. The van der Waals surface area contributed by atoms with Crippen molar-refractivity contribution in [2.75, 3.05) is 6.54 Å². The zero-order chi connectivity index (χ0) is 14.7. The van der Waals surface area contributed by atoms with Crippen molar-refractivity contribution in [1.82, 2.24) is 4.90 Å². The molecule has 1 aliphatic heterocycles. The van der Waals surface area contributed by atoms with Crippen LogP contribution in [-0.2, 0) is 9.53 Å². The summed E-state index contributed by atoms with van der Waals surface area (Å²) in [5, 5.41) is 9.37. The first-order valence-electron chi connectivity index (χ1n) is 7.43. The van der Waals surface area contributed by atoms with Crippen LogP contribution in [0.15, 0.2) is 0 Å². The van der Waals surface area contributed by atoms with Crippen molar-refractivity contribution in [3.05, 3.63) is 0 Å². The molecular weight excluding hydrogens is 258 g/mol. The summed E-state index contributed by atoms with van der Waals surface area (Å²) in [6, 6.07) is -0.719. The quantitative estimate of drug-likeness (QED) is 0.844. The first-order chi connectivity index (χ1) is 9.20. The van der Waals surface area contributed by atoms with Gasteiger partial charge in [-0.15, -0.1) is 0 Å². The number of ether oxygens (including phenoxy) is 1. The third-order valence-corrected chi connectivity index (χ3v) is 5.17. The van der Waals surface area contributed by atoms with Gasteiger partial charge < -0.3 is 9.84 Å². The van der Waals surface area contributed by atoms with Crippen molar-refractivity contribution in [3.63, 3.8) is 0 Å². The van der Waals surface area contributed by atoms with Crippen LogP contribution < -0.4 is 0 Å². The molecule has 1 saturated heterocycles. The molecular formula is C15H23NO4. The predicted octanol–water partition coefficient (Wildman–Crippen LogP) is 2.50. The maximum absolute atomic E-state index is 12.2. The minimum absolute atomic E-state index is 0.334. The van der Waals surface area contributed by atoms with E-state index in [9.17, 15) is 14.7 Å². The minimum atomic E-state index is -0.912. The molecule has 20 heavy (non-hydrogen) atoms. The molecule has 0 aromatic carbocycles. The molecule has 1 amide bonds. The second-order valence-corrected chi connectivity index (χ2v) is 7.76. The summed E-state index contributed by atoms with van der Waals surface area (Å²) >= 11 is 0. The Morgan fingerprint density at radius 2 is 1.85 bits per heavy atom. The number of hydrogen-bond acceptors (Lipinski definition) is 3. The first-order valence-corrected chi connectivity index (χ1v) is 7.43. The van der Waals surface area contributed by atoms with Crippen LogP contribution in [0.1, 0.15) is 46.5 Å². The Hall–Kier alpha value is -1.26. The van der Waals surface area contributed by atoms with E-state index in [-0.39, 0.29) is 0 Å². The summed E-state index contributed by atoms with van der Waals surface area (Å²) in [4.78, 5) is 25.1. The number of likely N-dealkylation sites (tertiary alicyclic amines) is 1. The number of carboxylic acid groups (broad SMARTS) is 1. The molecule has 3 saturated carbocycles. The lowest BCUT2D eigenvalue weighted by molar-refractivity contribution is -0.149. The van der Waals surface area contributed by atoms with Crippen molar-refractivity contribution in [3.8, 4) is 0 Å². The van der Waals surface area contributed by atoms with Gasteiger partial charge in [0.15, 0.2) is 0 Å². The van der Waals surface area contributed by atoms with Gasteiger partial charge in [-0.2, -0.15) is 0 Å². The third-order valence-electron chi connectivity index (χ3n) is 5.17. The Bertz CT molecular complexity index is 436. The van der Waals surface area contributed by atoms with E-state index in [0.717, 1.165) is 5.92 Å². The SMILES string of the molecule is CC(C)(C)OC(=O)N1C[C@@H](C23CC(C2)C3)C[C@H]1C(=O)O. The van der Waals surface area contributed by atoms with Crippen LogP contribution in [0.4, 0.5) is 4.79 Å². The molecule has 5 heteroatoms. The number of carboxylic acids is 1. The molecule has 4 rings (SSSR count). The number of carbonyl (C=O) groups is 2. The molecule has 5 nitrogen and oxygen atoms in total. The van der Waals surface area contributed by atoms with E-state index in [2.05, 4.69) is 0 Å². The van der Waals surface area contributed by atoms with Crippen molar-refractivity contribution in [1.29, 1.82) is 0 Å². The van der Waals surface area contributed by atoms with E-state index in [1.165, 1.54) is 24.2 Å². The Morgan fingerprint density at radius 3 is 2.25 bits per heavy atom. The third kappa shape index (κ3) is 2.07. The molecule has 112 valence electrons. The normalized spacial score (nSPS) is 39.0. The van der Waals surface area contributed by atoms with Crippen molar-refractivity contribution in [2.24, 2.45) is 17.3 Å². The number of amides is 1. The maximum atomic E-state index is 12.2. The number of aliphatic carboxylic acids is 1. The van der Waals surface area contributed by atoms with Gasteiger partial charge in [0.2, 0.25) is 0 Å². The van der Waals surface area contributed by atoms with Crippen molar-refractivity contribution >= 4 is 12.1 Å². The Balaban J connectivity index is 1.71. The maximum Gasteiger partial charge on any atom is 0.411 e. The lowest BCUT2D eigenvalue weighted by Crippen LogP contribution is -2.56. The molecule has 2 atom stereocenters. The molecule has 0 radical (unpaired) electrons. The van der Waals surface area contributed by atoms with Crippen molar-refractivity contribution in [2.45, 2.75) is 58.1 Å². The average Bonchev–Trinajstić information content (AvgIpc) is 2.54. The van der Waals surface area contributed by atoms with E-state index >= 15 is 0 Å². The van der Waals surface area contributed by atoms with Gasteiger partial charge in [0.05, 0.1) is 0 Å². The topological polar surface area (TPSA) is 66.8 Å². The average molecular weight is 281 g/mol. The molecule has 1 N–H and O–H groups in total. The monoisotopic (exact) mass is 281 g/mol. The second-order valence-electron chi connectivity index (χ2n) is 7.76. The smallest absolute Gasteiger partial charge is 0.411 e. The van der Waals surface area contributed by atoms with Crippen LogP contribution in [-0.4, -0.2) is 40.3 Å². The molecule has 0 aromatic heterocycles. The van der Waals surface area contributed by atoms with Gasteiger partial charge in [0.1, 0.15) is 11.6 Å². The van der Waals surface area contributed by atoms with E-state index in [1.807, 2.05) is 0 Å². The second kappa shape index (κ2) is 4.12. The molecule has 4 aliphatic rings. The zero-order valence-electron chi connectivity index (χ0n) is 12.4. The number of nitrogens with zero attached hydrogens (tertiary/aromatic N) is 1. The fourth-order valence-corrected chi connectivity index (χ4v) is 4.08. The van der Waals surface area contributed by atoms with E-state index in [1.54, 1.807) is 20.8 Å². The highest BCUT2D eigenvalue weighted by molar-refractivity contribution is 5.81. The molecule has 3 aliphatic carbocycles. The number of hydrogen-bond donors (Lipinski definition) is 1. The van der Waals surface area contributed by atoms with Crippen LogP contribution in [0.2, 0.25) is 0 Å². The van der Waals surface area contributed by atoms with Crippen LogP contribution in [0.3, 0.4) is 0 Å². The van der Waals surface area contributed by atoms with Gasteiger partial charge >= 0.3 is 12.1 Å². The molecule has 0 unspecified atom stereocenters. The summed E-state index contributed by atoms with van der Waals surface area (Å²) in [5.41, 5.74) is -0.246. The van der Waals surface area contributed by atoms with Crippen LogP contribution in [0.5, 0.6) is 0 Å². The molecule has 1 heterocycles. The highest BCUT2D eigenvalue weighted by Gasteiger charge is 2.63. The minimum Gasteiger partial charge on any atom is -0.480 e. The van der Waals surface area contributed by atoms with Gasteiger partial charge in [-0.1, -0.05) is 0 Å². The van der Waals surface area contributed by atoms with Gasteiger partial charge in [-0.3, -0.25) is 4.90 Å². The van der Waals surface area contributed by atoms with Gasteiger partial charge in [0.25, 0.3) is 0 Å². The lowest BCUT2D eigenvalue weighted by Gasteiger charge is -2.65. The van der Waals surface area contributed by atoms with E-state index in [4.69, 9.17) is 4.74 Å². The number of carbonyl (C=O) groups excluding carboxylic acids is 1. The van der Waals surface area contributed by atoms with E-state index < -0.39 is 23.7 Å². The highest BCUT2D eigenvalue weighted by atomic mass is 16.6. The van der Waals surface area contributed by atoms with Gasteiger partial charge in [-0.25, -0.2) is 9.59 Å². The van der Waals surface area contributed by atoms with Crippen LogP contribution >= 0.6 is 0 Å². The van der Waals surface area contributed by atoms with E-state index in [0.29, 0.717) is 24.3 Å². The Morgan fingerprint density at radius 1 is 1.25 bits per heavy atom. The van der Waals surface area contributed by atoms with Crippen LogP contribution in [0, 0.1) is 17.3 Å². The molecule has 4 fully saturated rings. The molecule has 2 bridgehead atoms. The summed E-state index contributed by atoms with van der Waals surface area (Å²) in [6.07, 6.45) is 3.78. The Labute approximate surface area is 119 Å². The summed E-state index contributed by atoms with van der Waals surface area (Å²) in [6.45, 7) is 5.94. The summed E-state index contributed by atoms with van der Waals surface area (Å²) in [5.74, 6) is 0.292. The largest absolute Gasteiger partial charge is 0.480 e. The standard InChI is InChI=1S/C15H23NO4/c1-14(2,3)20-13(19)16-8-10(4-11(16)12(17)18)15-5-9(6-15)7-15/h9-11H,4-8H2,1-3H3,(H,17,18)/t9?,10-,11-,15?/m0/s1. The Kier molecular flexibility index (Phi) is 2.82. The fourth-order valence-electron chi connectivity index (χ4n) is 4.08.